The number of hydrogen-bond donors (Lipinski definition) is 2. The van der Waals surface area contributed by atoms with Crippen molar-refractivity contribution in [3.8, 4) is 0 Å². The molecule has 2 aromatic heterocycles. The van der Waals surface area contributed by atoms with E-state index in [0.29, 0.717) is 16.8 Å². The molecule has 9 nitrogen and oxygen atoms in total. The van der Waals surface area contributed by atoms with E-state index in [2.05, 4.69) is 20.8 Å². The summed E-state index contributed by atoms with van der Waals surface area (Å²) >= 11 is 1.38. The molecule has 2 N–H and O–H groups in total. The Bertz CT molecular complexity index is 830. The number of anilines is 1. The predicted octanol–water partition coefficient (Wildman–Crippen LogP) is 1.85. The third-order valence-electron chi connectivity index (χ3n) is 4.27. The van der Waals surface area contributed by atoms with Crippen molar-refractivity contribution in [2.75, 3.05) is 5.32 Å². The molecule has 0 aromatic carbocycles. The van der Waals surface area contributed by atoms with Crippen LogP contribution in [0.4, 0.5) is 9.93 Å². The summed E-state index contributed by atoms with van der Waals surface area (Å²) in [5, 5.41) is 14.7. The molecule has 2 fully saturated rings. The van der Waals surface area contributed by atoms with E-state index in [0.717, 1.165) is 22.7 Å². The summed E-state index contributed by atoms with van der Waals surface area (Å²) in [6, 6.07) is 2.20. The Labute approximate surface area is 152 Å². The lowest BCUT2D eigenvalue weighted by molar-refractivity contribution is -0.128. The van der Waals surface area contributed by atoms with Gasteiger partial charge >= 0.3 is 6.03 Å². The molecule has 0 bridgehead atoms. The molecule has 2 aromatic rings. The highest BCUT2D eigenvalue weighted by molar-refractivity contribution is 7.15. The van der Waals surface area contributed by atoms with Crippen LogP contribution in [-0.2, 0) is 16.1 Å². The van der Waals surface area contributed by atoms with Crippen molar-refractivity contribution >= 4 is 34.3 Å². The van der Waals surface area contributed by atoms with Crippen LogP contribution in [-0.4, -0.2) is 39.0 Å². The second-order valence-electron chi connectivity index (χ2n) is 6.31. The molecule has 1 saturated heterocycles. The van der Waals surface area contributed by atoms with Crippen molar-refractivity contribution in [1.29, 1.82) is 0 Å². The molecule has 0 spiro atoms. The molecular formula is C16H17N5O4S. The molecule has 1 aliphatic carbocycles. The number of carbonyl (C=O) groups excluding carboxylic acids is 3. The Morgan fingerprint density at radius 3 is 2.96 bits per heavy atom. The molecule has 4 amide bonds. The van der Waals surface area contributed by atoms with Crippen molar-refractivity contribution in [2.45, 2.75) is 44.2 Å². The van der Waals surface area contributed by atoms with Gasteiger partial charge in [0.15, 0.2) is 0 Å². The van der Waals surface area contributed by atoms with E-state index in [9.17, 15) is 14.4 Å². The minimum atomic E-state index is -0.709. The van der Waals surface area contributed by atoms with E-state index >= 15 is 0 Å². The first kappa shape index (κ1) is 16.7. The van der Waals surface area contributed by atoms with Crippen molar-refractivity contribution in [2.24, 2.45) is 0 Å². The van der Waals surface area contributed by atoms with Crippen LogP contribution in [0.2, 0.25) is 0 Å². The van der Waals surface area contributed by atoms with Crippen LogP contribution >= 0.6 is 11.3 Å². The Hall–Kier alpha value is -2.75. The number of imide groups is 1. The van der Waals surface area contributed by atoms with Crippen molar-refractivity contribution in [3.05, 3.63) is 29.2 Å². The molecule has 0 radical (unpaired) electrons. The fourth-order valence-corrected chi connectivity index (χ4v) is 3.65. The minimum absolute atomic E-state index is 0.0785. The van der Waals surface area contributed by atoms with Crippen LogP contribution in [0, 0.1) is 0 Å². The zero-order valence-corrected chi connectivity index (χ0v) is 14.6. The Kier molecular flexibility index (Phi) is 4.41. The van der Waals surface area contributed by atoms with Gasteiger partial charge in [0.25, 0.3) is 5.91 Å². The summed E-state index contributed by atoms with van der Waals surface area (Å²) in [7, 11) is 0. The maximum atomic E-state index is 12.3. The fraction of sp³-hybridized carbons (Fsp3) is 0.438. The summed E-state index contributed by atoms with van der Waals surface area (Å²) in [5.41, 5.74) is 0. The summed E-state index contributed by atoms with van der Waals surface area (Å²) in [6.45, 7) is 0.0785. The lowest BCUT2D eigenvalue weighted by Crippen LogP contribution is -2.31. The van der Waals surface area contributed by atoms with E-state index < -0.39 is 12.1 Å². The van der Waals surface area contributed by atoms with Crippen LogP contribution in [0.25, 0.3) is 0 Å². The fourth-order valence-electron chi connectivity index (χ4n) is 2.72. The highest BCUT2D eigenvalue weighted by atomic mass is 32.1. The molecule has 1 saturated carbocycles. The molecular weight excluding hydrogens is 358 g/mol. The highest BCUT2D eigenvalue weighted by Crippen LogP contribution is 2.42. The van der Waals surface area contributed by atoms with Crippen LogP contribution in [0.1, 0.15) is 42.4 Å². The van der Waals surface area contributed by atoms with Gasteiger partial charge in [-0.1, -0.05) is 11.3 Å². The lowest BCUT2D eigenvalue weighted by atomic mass is 10.1. The van der Waals surface area contributed by atoms with Gasteiger partial charge in [0.05, 0.1) is 12.8 Å². The molecule has 4 rings (SSSR count). The third kappa shape index (κ3) is 3.59. The zero-order chi connectivity index (χ0) is 18.1. The van der Waals surface area contributed by atoms with Crippen molar-refractivity contribution < 1.29 is 18.8 Å². The molecule has 136 valence electrons. The smallest absolute Gasteiger partial charge is 0.325 e. The molecule has 10 heteroatoms. The average molecular weight is 375 g/mol. The van der Waals surface area contributed by atoms with Crippen molar-refractivity contribution in [3.63, 3.8) is 0 Å². The normalized spacial score (nSPS) is 19.7. The number of nitrogens with one attached hydrogen (secondary N) is 2. The molecule has 26 heavy (non-hydrogen) atoms. The maximum Gasteiger partial charge on any atom is 0.325 e. The monoisotopic (exact) mass is 375 g/mol. The number of furan rings is 1. The van der Waals surface area contributed by atoms with Gasteiger partial charge < -0.3 is 15.1 Å². The van der Waals surface area contributed by atoms with Crippen molar-refractivity contribution in [1.82, 2.24) is 20.4 Å². The molecule has 3 heterocycles. The minimum Gasteiger partial charge on any atom is -0.467 e. The molecule has 2 aliphatic rings. The van der Waals surface area contributed by atoms with Gasteiger partial charge in [-0.25, -0.2) is 4.79 Å². The largest absolute Gasteiger partial charge is 0.467 e. The number of carbonyl (C=O) groups is 3. The van der Waals surface area contributed by atoms with Gasteiger partial charge in [-0.05, 0) is 31.4 Å². The van der Waals surface area contributed by atoms with E-state index in [1.807, 2.05) is 0 Å². The van der Waals surface area contributed by atoms with Gasteiger partial charge in [-0.15, -0.1) is 10.2 Å². The van der Waals surface area contributed by atoms with Gasteiger partial charge in [-0.3, -0.25) is 14.5 Å². The van der Waals surface area contributed by atoms with E-state index in [4.69, 9.17) is 4.42 Å². The van der Waals surface area contributed by atoms with Gasteiger partial charge in [0, 0.05) is 12.3 Å². The van der Waals surface area contributed by atoms with Gasteiger partial charge in [0.1, 0.15) is 16.8 Å². The second-order valence-corrected chi connectivity index (χ2v) is 7.32. The lowest BCUT2D eigenvalue weighted by Gasteiger charge is -2.11. The number of urea groups is 1. The predicted molar refractivity (Wildman–Crippen MR) is 91.3 cm³/mol. The first-order chi connectivity index (χ1) is 12.6. The summed E-state index contributed by atoms with van der Waals surface area (Å²) in [6.07, 6.45) is 4.06. The standard InChI is InChI=1S/C16H17N5O4S/c22-12(18-15-20-19-13(26-15)9-3-4-9)6-5-11-14(23)21(16(24)17-11)8-10-2-1-7-25-10/h1-2,7,9,11H,3-6,8H2,(H,17,24)(H,18,20,22)/t11-/m1/s1. The van der Waals surface area contributed by atoms with Gasteiger partial charge in [-0.2, -0.15) is 0 Å². The average Bonchev–Trinajstić information content (AvgIpc) is 3.03. The summed E-state index contributed by atoms with van der Waals surface area (Å²) in [5.74, 6) is 0.403. The first-order valence-electron chi connectivity index (χ1n) is 8.37. The number of rotatable bonds is 7. The zero-order valence-electron chi connectivity index (χ0n) is 13.8. The summed E-state index contributed by atoms with van der Waals surface area (Å²) < 4.78 is 5.17. The van der Waals surface area contributed by atoms with Crippen LogP contribution in [0.3, 0.4) is 0 Å². The molecule has 1 atom stereocenters. The quantitative estimate of drug-likeness (QED) is 0.713. The van der Waals surface area contributed by atoms with E-state index in [1.165, 1.54) is 17.6 Å². The number of amides is 4. The van der Waals surface area contributed by atoms with Crippen LogP contribution in [0.5, 0.6) is 0 Å². The first-order valence-corrected chi connectivity index (χ1v) is 9.19. The number of nitrogens with zero attached hydrogens (tertiary/aromatic N) is 3. The van der Waals surface area contributed by atoms with E-state index in [-0.39, 0.29) is 31.2 Å². The maximum absolute atomic E-state index is 12.3. The molecule has 1 aliphatic heterocycles. The third-order valence-corrected chi connectivity index (χ3v) is 5.28. The highest BCUT2D eigenvalue weighted by Gasteiger charge is 2.38. The molecule has 0 unspecified atom stereocenters. The van der Waals surface area contributed by atoms with Gasteiger partial charge in [0.2, 0.25) is 11.0 Å². The second kappa shape index (κ2) is 6.87. The number of hydrogen-bond acceptors (Lipinski definition) is 7. The topological polar surface area (TPSA) is 117 Å². The van der Waals surface area contributed by atoms with Crippen LogP contribution in [0.15, 0.2) is 22.8 Å². The number of aromatic nitrogens is 2. The van der Waals surface area contributed by atoms with E-state index in [1.54, 1.807) is 12.1 Å². The summed E-state index contributed by atoms with van der Waals surface area (Å²) in [4.78, 5) is 37.5. The Morgan fingerprint density at radius 1 is 1.38 bits per heavy atom. The SMILES string of the molecule is O=C(CC[C@H]1NC(=O)N(Cc2ccco2)C1=O)Nc1nnc(C2CC2)s1. The van der Waals surface area contributed by atoms with Crippen LogP contribution < -0.4 is 10.6 Å². The Morgan fingerprint density at radius 2 is 2.23 bits per heavy atom. The Balaban J connectivity index is 1.27.